The van der Waals surface area contributed by atoms with Gasteiger partial charge in [0.1, 0.15) is 6.04 Å². The minimum Gasteiger partial charge on any atom is -0.456 e. The van der Waals surface area contributed by atoms with E-state index in [0.29, 0.717) is 0 Å². The van der Waals surface area contributed by atoms with E-state index in [4.69, 9.17) is 51.1 Å². The Morgan fingerprint density at radius 3 is 1.70 bits per heavy atom. The van der Waals surface area contributed by atoms with Crippen LogP contribution in [0.4, 0.5) is 0 Å². The van der Waals surface area contributed by atoms with Crippen molar-refractivity contribution in [3.05, 3.63) is 31.2 Å². The topological polar surface area (TPSA) is 80.8 Å². The normalized spacial score (nSPS) is 14.9. The zero-order valence-corrected chi connectivity index (χ0v) is 20.1. The van der Waals surface area contributed by atoms with Crippen LogP contribution in [0, 0.1) is 11.3 Å². The number of fused-ring (bicyclic) bond motifs is 1. The van der Waals surface area contributed by atoms with Gasteiger partial charge in [0.05, 0.1) is 31.2 Å². The zero-order valence-electron chi connectivity index (χ0n) is 17.1. The summed E-state index contributed by atoms with van der Waals surface area (Å²) in [7, 11) is 0. The molecule has 1 aliphatic heterocycles. The van der Waals surface area contributed by atoms with Crippen molar-refractivity contribution in [2.75, 3.05) is 6.61 Å². The van der Waals surface area contributed by atoms with E-state index < -0.39 is 35.8 Å². The van der Waals surface area contributed by atoms with Crippen molar-refractivity contribution in [2.45, 2.75) is 47.1 Å². The van der Waals surface area contributed by atoms with Crippen molar-refractivity contribution in [3.8, 4) is 0 Å². The van der Waals surface area contributed by atoms with Crippen LogP contribution in [0.25, 0.3) is 0 Å². The van der Waals surface area contributed by atoms with Crippen LogP contribution in [0.15, 0.2) is 0 Å². The van der Waals surface area contributed by atoms with Crippen molar-refractivity contribution in [2.24, 2.45) is 11.3 Å². The molecule has 2 amide bonds. The third kappa shape index (κ3) is 4.62. The Hall–Kier alpha value is -1.34. The Labute approximate surface area is 194 Å². The molecule has 0 spiro atoms. The first kappa shape index (κ1) is 24.9. The smallest absolute Gasteiger partial charge is 0.329 e. The molecular weight excluding hydrogens is 476 g/mol. The van der Waals surface area contributed by atoms with Crippen molar-refractivity contribution in [3.63, 3.8) is 0 Å². The Bertz CT molecular complexity index is 889. The summed E-state index contributed by atoms with van der Waals surface area (Å²) in [6, 6.07) is -1.27. The highest BCUT2D eigenvalue weighted by atomic mass is 35.5. The summed E-state index contributed by atoms with van der Waals surface area (Å²) in [5.41, 5.74) is -1.14. The fourth-order valence-electron chi connectivity index (χ4n) is 2.85. The predicted molar refractivity (Wildman–Crippen MR) is 116 cm³/mol. The van der Waals surface area contributed by atoms with Gasteiger partial charge in [0.2, 0.25) is 0 Å². The van der Waals surface area contributed by atoms with Gasteiger partial charge in [-0.3, -0.25) is 19.3 Å². The average Bonchev–Trinajstić information content (AvgIpc) is 2.90. The van der Waals surface area contributed by atoms with Crippen LogP contribution >= 0.6 is 46.4 Å². The average molecular weight is 497 g/mol. The molecule has 0 unspecified atom stereocenters. The van der Waals surface area contributed by atoms with E-state index in [1.54, 1.807) is 20.8 Å². The van der Waals surface area contributed by atoms with Gasteiger partial charge in [-0.15, -0.1) is 0 Å². The van der Waals surface area contributed by atoms with E-state index in [1.807, 2.05) is 13.8 Å². The molecule has 1 aromatic carbocycles. The second-order valence-corrected chi connectivity index (χ2v) is 9.92. The molecule has 1 aromatic rings. The van der Waals surface area contributed by atoms with Gasteiger partial charge in [-0.1, -0.05) is 81.0 Å². The second kappa shape index (κ2) is 9.03. The highest BCUT2D eigenvalue weighted by molar-refractivity contribution is 6.55. The lowest BCUT2D eigenvalue weighted by molar-refractivity contribution is -0.154. The summed E-state index contributed by atoms with van der Waals surface area (Å²) in [6.07, 6.45) is 0.116. The summed E-state index contributed by atoms with van der Waals surface area (Å²) in [4.78, 5) is 51.8. The third-order valence-corrected chi connectivity index (χ3v) is 6.39. The Morgan fingerprint density at radius 1 is 0.900 bits per heavy atom. The molecule has 6 nitrogen and oxygen atoms in total. The number of carbonyl (C=O) groups excluding carboxylic acids is 4. The summed E-state index contributed by atoms with van der Waals surface area (Å²) in [5, 5.41) is -0.768. The SMILES string of the molecule is CC(C)C[C@@H](C(=O)OCC(=O)C(C)(C)C)N1C(=O)c2c(Cl)c(Cl)c(Cl)c(Cl)c2C1=O. The van der Waals surface area contributed by atoms with Gasteiger partial charge in [0.25, 0.3) is 11.8 Å². The number of amides is 2. The Kier molecular flexibility index (Phi) is 7.50. The maximum absolute atomic E-state index is 13.1. The van der Waals surface area contributed by atoms with Crippen LogP contribution in [0.1, 0.15) is 61.8 Å². The van der Waals surface area contributed by atoms with Gasteiger partial charge in [-0.2, -0.15) is 0 Å². The molecule has 0 fully saturated rings. The number of ether oxygens (including phenoxy) is 1. The molecule has 0 aliphatic carbocycles. The number of hydrogen-bond acceptors (Lipinski definition) is 5. The van der Waals surface area contributed by atoms with E-state index >= 15 is 0 Å². The molecule has 0 aromatic heterocycles. The van der Waals surface area contributed by atoms with Crippen molar-refractivity contribution in [1.82, 2.24) is 4.90 Å². The number of halogens is 4. The maximum Gasteiger partial charge on any atom is 0.329 e. The van der Waals surface area contributed by atoms with E-state index in [2.05, 4.69) is 0 Å². The lowest BCUT2D eigenvalue weighted by atomic mass is 9.91. The van der Waals surface area contributed by atoms with E-state index in [-0.39, 0.29) is 49.3 Å². The molecule has 10 heteroatoms. The fraction of sp³-hybridized carbons (Fsp3) is 0.500. The molecule has 30 heavy (non-hydrogen) atoms. The third-order valence-electron chi connectivity index (χ3n) is 4.59. The maximum atomic E-state index is 13.1. The van der Waals surface area contributed by atoms with Gasteiger partial charge in [0.15, 0.2) is 12.4 Å². The van der Waals surface area contributed by atoms with Crippen LogP contribution in [-0.4, -0.2) is 41.1 Å². The number of esters is 1. The first-order chi connectivity index (χ1) is 13.7. The van der Waals surface area contributed by atoms with Crippen LogP contribution in [-0.2, 0) is 14.3 Å². The molecule has 0 saturated carbocycles. The minimum atomic E-state index is -1.27. The van der Waals surface area contributed by atoms with E-state index in [9.17, 15) is 19.2 Å². The van der Waals surface area contributed by atoms with Gasteiger partial charge in [0, 0.05) is 5.41 Å². The molecule has 0 radical (unpaired) electrons. The Balaban J connectivity index is 2.43. The molecule has 0 bridgehead atoms. The van der Waals surface area contributed by atoms with E-state index in [1.165, 1.54) is 0 Å². The number of rotatable bonds is 6. The van der Waals surface area contributed by atoms with Gasteiger partial charge in [-0.05, 0) is 12.3 Å². The van der Waals surface area contributed by atoms with Crippen LogP contribution in [0.3, 0.4) is 0 Å². The number of imide groups is 1. The summed E-state index contributed by atoms with van der Waals surface area (Å²) in [5.74, 6) is -2.91. The minimum absolute atomic E-state index is 0.0803. The largest absolute Gasteiger partial charge is 0.456 e. The summed E-state index contributed by atoms with van der Waals surface area (Å²) >= 11 is 24.3. The summed E-state index contributed by atoms with van der Waals surface area (Å²) in [6.45, 7) is 8.22. The van der Waals surface area contributed by atoms with Crippen molar-refractivity contribution >= 4 is 70.0 Å². The van der Waals surface area contributed by atoms with E-state index in [0.717, 1.165) is 4.90 Å². The first-order valence-electron chi connectivity index (χ1n) is 9.13. The van der Waals surface area contributed by atoms with Crippen LogP contribution in [0.2, 0.25) is 20.1 Å². The van der Waals surface area contributed by atoms with Crippen molar-refractivity contribution in [1.29, 1.82) is 0 Å². The second-order valence-electron chi connectivity index (χ2n) is 8.41. The quantitative estimate of drug-likeness (QED) is 0.226. The molecule has 2 rings (SSSR count). The lowest BCUT2D eigenvalue weighted by Gasteiger charge is -2.26. The van der Waals surface area contributed by atoms with Gasteiger partial charge < -0.3 is 4.74 Å². The van der Waals surface area contributed by atoms with Crippen molar-refractivity contribution < 1.29 is 23.9 Å². The number of benzene rings is 1. The molecule has 164 valence electrons. The van der Waals surface area contributed by atoms with Gasteiger partial charge in [-0.25, -0.2) is 4.79 Å². The summed E-state index contributed by atoms with van der Waals surface area (Å²) < 4.78 is 5.16. The Morgan fingerprint density at radius 2 is 1.33 bits per heavy atom. The molecular formula is C20H21Cl4NO5. The number of ketones is 1. The number of hydrogen-bond donors (Lipinski definition) is 0. The van der Waals surface area contributed by atoms with Crippen LogP contribution < -0.4 is 0 Å². The predicted octanol–water partition coefficient (Wildman–Crippen LogP) is 5.47. The zero-order chi connectivity index (χ0) is 23.1. The lowest BCUT2D eigenvalue weighted by Crippen LogP contribution is -2.47. The van der Waals surface area contributed by atoms with Gasteiger partial charge >= 0.3 is 5.97 Å². The number of carbonyl (C=O) groups is 4. The molecule has 1 aliphatic rings. The molecule has 0 N–H and O–H groups in total. The molecule has 0 saturated heterocycles. The van der Waals surface area contributed by atoms with Crippen LogP contribution in [0.5, 0.6) is 0 Å². The number of Topliss-reactive ketones (excluding diaryl/α,β-unsaturated/α-hetero) is 1. The molecule has 1 atom stereocenters. The highest BCUT2D eigenvalue weighted by Crippen LogP contribution is 2.45. The monoisotopic (exact) mass is 495 g/mol. The molecule has 1 heterocycles. The number of nitrogens with zero attached hydrogens (tertiary/aromatic N) is 1. The standard InChI is InChI=1S/C20H21Cl4NO5/c1-8(2)6-9(19(29)30-7-10(26)20(3,4)5)25-17(27)11-12(18(25)28)14(22)16(24)15(23)13(11)21/h8-9H,6-7H2,1-5H3/t9-/m0/s1. The first-order valence-corrected chi connectivity index (χ1v) is 10.6. The highest BCUT2D eigenvalue weighted by Gasteiger charge is 2.47. The fourth-order valence-corrected chi connectivity index (χ4v) is 3.87.